The van der Waals surface area contributed by atoms with E-state index in [1.54, 1.807) is 4.68 Å². The maximum Gasteiger partial charge on any atom is 0.358 e. The normalized spacial score (nSPS) is 10.9. The van der Waals surface area contributed by atoms with Crippen LogP contribution < -0.4 is 0 Å². The molecule has 19 heavy (non-hydrogen) atoms. The van der Waals surface area contributed by atoms with Crippen LogP contribution in [0.3, 0.4) is 0 Å². The van der Waals surface area contributed by atoms with E-state index in [1.165, 1.54) is 0 Å². The number of hydrogen-bond donors (Lipinski definition) is 1. The molecule has 0 aliphatic rings. The Morgan fingerprint density at radius 1 is 1.26 bits per heavy atom. The number of carboxylic acid groups (broad SMARTS) is 1. The fraction of sp³-hybridized carbons (Fsp3) is 0.357. The van der Waals surface area contributed by atoms with Crippen LogP contribution in [0.2, 0.25) is 0 Å². The van der Waals surface area contributed by atoms with Gasteiger partial charge in [0.1, 0.15) is 0 Å². The summed E-state index contributed by atoms with van der Waals surface area (Å²) in [6.07, 6.45) is 1.72. The highest BCUT2D eigenvalue weighted by molar-refractivity contribution is 5.86. The minimum Gasteiger partial charge on any atom is -0.476 e. The van der Waals surface area contributed by atoms with Gasteiger partial charge in [-0.25, -0.2) is 9.48 Å². The Hall–Kier alpha value is -2.17. The summed E-state index contributed by atoms with van der Waals surface area (Å²) in [6.45, 7) is 4.09. The van der Waals surface area contributed by atoms with Gasteiger partial charge in [0.25, 0.3) is 0 Å². The third-order valence-corrected chi connectivity index (χ3v) is 3.28. The lowest BCUT2D eigenvalue weighted by Gasteiger charge is -2.15. The van der Waals surface area contributed by atoms with E-state index in [4.69, 9.17) is 0 Å². The van der Waals surface area contributed by atoms with E-state index < -0.39 is 5.97 Å². The molecule has 2 aromatic rings. The molecule has 0 radical (unpaired) electrons. The van der Waals surface area contributed by atoms with Crippen LogP contribution in [0.5, 0.6) is 0 Å². The topological polar surface area (TPSA) is 68.0 Å². The first kappa shape index (κ1) is 13.3. The van der Waals surface area contributed by atoms with Gasteiger partial charge in [-0.2, -0.15) is 0 Å². The van der Waals surface area contributed by atoms with Crippen LogP contribution in [0.25, 0.3) is 5.69 Å². The van der Waals surface area contributed by atoms with Crippen molar-refractivity contribution < 1.29 is 9.90 Å². The van der Waals surface area contributed by atoms with Crippen molar-refractivity contribution in [2.24, 2.45) is 0 Å². The minimum atomic E-state index is -1.02. The summed E-state index contributed by atoms with van der Waals surface area (Å²) in [4.78, 5) is 11.3. The van der Waals surface area contributed by atoms with Crippen molar-refractivity contribution in [1.29, 1.82) is 0 Å². The lowest BCUT2D eigenvalue weighted by atomic mass is 9.97. The summed E-state index contributed by atoms with van der Waals surface area (Å²) in [5.74, 6) is -0.884. The Morgan fingerprint density at radius 3 is 2.42 bits per heavy atom. The number of para-hydroxylation sites is 1. The maximum atomic E-state index is 11.3. The maximum absolute atomic E-state index is 11.3. The van der Waals surface area contributed by atoms with E-state index in [0.29, 0.717) is 5.69 Å². The molecule has 0 atom stereocenters. The zero-order valence-electron chi connectivity index (χ0n) is 11.1. The van der Waals surface area contributed by atoms with Crippen molar-refractivity contribution in [2.75, 3.05) is 0 Å². The standard InChI is InChI=1S/C14H17N3O2/c1-3-10(4-2)13-12(14(18)19)15-16-17(13)11-8-6-5-7-9-11/h5-10H,3-4H2,1-2H3,(H,18,19). The third-order valence-electron chi connectivity index (χ3n) is 3.28. The monoisotopic (exact) mass is 259 g/mol. The molecule has 0 saturated heterocycles. The molecule has 1 heterocycles. The Labute approximate surface area is 111 Å². The third kappa shape index (κ3) is 2.50. The highest BCUT2D eigenvalue weighted by Gasteiger charge is 2.25. The largest absolute Gasteiger partial charge is 0.476 e. The zero-order chi connectivity index (χ0) is 13.8. The molecule has 0 fully saturated rings. The minimum absolute atomic E-state index is 0.0533. The molecule has 0 aliphatic carbocycles. The number of nitrogens with zero attached hydrogens (tertiary/aromatic N) is 3. The van der Waals surface area contributed by atoms with Crippen LogP contribution in [-0.2, 0) is 0 Å². The second-order valence-corrected chi connectivity index (χ2v) is 4.39. The van der Waals surface area contributed by atoms with Gasteiger partial charge in [0.2, 0.25) is 0 Å². The Kier molecular flexibility index (Phi) is 3.94. The fourth-order valence-electron chi connectivity index (χ4n) is 2.24. The van der Waals surface area contributed by atoms with Gasteiger partial charge < -0.3 is 5.11 Å². The van der Waals surface area contributed by atoms with E-state index in [0.717, 1.165) is 18.5 Å². The molecule has 0 bridgehead atoms. The molecular weight excluding hydrogens is 242 g/mol. The van der Waals surface area contributed by atoms with Crippen LogP contribution in [0, 0.1) is 0 Å². The van der Waals surface area contributed by atoms with Crippen molar-refractivity contribution in [3.05, 3.63) is 41.7 Å². The summed E-state index contributed by atoms with van der Waals surface area (Å²) >= 11 is 0. The van der Waals surface area contributed by atoms with Gasteiger partial charge in [-0.15, -0.1) is 5.10 Å². The van der Waals surface area contributed by atoms with Gasteiger partial charge in [-0.3, -0.25) is 0 Å². The van der Waals surface area contributed by atoms with Crippen molar-refractivity contribution in [2.45, 2.75) is 32.6 Å². The molecule has 0 amide bonds. The zero-order valence-corrected chi connectivity index (χ0v) is 11.1. The van der Waals surface area contributed by atoms with Gasteiger partial charge in [0.05, 0.1) is 11.4 Å². The highest BCUT2D eigenvalue weighted by atomic mass is 16.4. The summed E-state index contributed by atoms with van der Waals surface area (Å²) in [6, 6.07) is 9.50. The van der Waals surface area contributed by atoms with Gasteiger partial charge in [-0.1, -0.05) is 37.3 Å². The van der Waals surface area contributed by atoms with Crippen molar-refractivity contribution in [1.82, 2.24) is 15.0 Å². The van der Waals surface area contributed by atoms with Gasteiger partial charge in [0, 0.05) is 5.92 Å². The van der Waals surface area contributed by atoms with E-state index in [2.05, 4.69) is 10.3 Å². The second-order valence-electron chi connectivity index (χ2n) is 4.39. The number of aromatic carboxylic acids is 1. The van der Waals surface area contributed by atoms with E-state index in [9.17, 15) is 9.90 Å². The van der Waals surface area contributed by atoms with Crippen LogP contribution >= 0.6 is 0 Å². The summed E-state index contributed by atoms with van der Waals surface area (Å²) in [5.41, 5.74) is 1.57. The first-order valence-corrected chi connectivity index (χ1v) is 6.43. The lowest BCUT2D eigenvalue weighted by molar-refractivity contribution is 0.0688. The van der Waals surface area contributed by atoms with Crippen LogP contribution in [0.4, 0.5) is 0 Å². The molecule has 1 aromatic carbocycles. The molecule has 100 valence electrons. The van der Waals surface area contributed by atoms with Crippen LogP contribution in [-0.4, -0.2) is 26.1 Å². The predicted octanol–water partition coefficient (Wildman–Crippen LogP) is 2.87. The highest BCUT2D eigenvalue weighted by Crippen LogP contribution is 2.27. The van der Waals surface area contributed by atoms with Crippen molar-refractivity contribution in [3.63, 3.8) is 0 Å². The smallest absolute Gasteiger partial charge is 0.358 e. The summed E-state index contributed by atoms with van der Waals surface area (Å²) < 4.78 is 1.64. The lowest BCUT2D eigenvalue weighted by Crippen LogP contribution is -2.11. The van der Waals surface area contributed by atoms with E-state index in [-0.39, 0.29) is 11.6 Å². The predicted molar refractivity (Wildman–Crippen MR) is 71.6 cm³/mol. The number of carbonyl (C=O) groups is 1. The molecule has 2 rings (SSSR count). The van der Waals surface area contributed by atoms with Gasteiger partial charge >= 0.3 is 5.97 Å². The van der Waals surface area contributed by atoms with Gasteiger partial charge in [0.15, 0.2) is 5.69 Å². The first-order chi connectivity index (χ1) is 9.19. The van der Waals surface area contributed by atoms with E-state index >= 15 is 0 Å². The van der Waals surface area contributed by atoms with Crippen molar-refractivity contribution in [3.8, 4) is 5.69 Å². The molecule has 5 heteroatoms. The van der Waals surface area contributed by atoms with Crippen LogP contribution in [0.1, 0.15) is 48.8 Å². The second kappa shape index (κ2) is 5.65. The molecule has 0 saturated carbocycles. The number of carboxylic acids is 1. The summed E-state index contributed by atoms with van der Waals surface area (Å²) in [5, 5.41) is 17.1. The number of benzene rings is 1. The molecule has 0 aliphatic heterocycles. The number of hydrogen-bond acceptors (Lipinski definition) is 3. The Balaban J connectivity index is 2.59. The van der Waals surface area contributed by atoms with E-state index in [1.807, 2.05) is 44.2 Å². The molecule has 5 nitrogen and oxygen atoms in total. The average Bonchev–Trinajstić information content (AvgIpc) is 2.86. The molecule has 0 unspecified atom stereocenters. The van der Waals surface area contributed by atoms with Crippen LogP contribution in [0.15, 0.2) is 30.3 Å². The molecular formula is C14H17N3O2. The first-order valence-electron chi connectivity index (χ1n) is 6.43. The SMILES string of the molecule is CCC(CC)c1c(C(=O)O)nnn1-c1ccccc1. The Bertz CT molecular complexity index is 559. The number of aromatic nitrogens is 3. The summed E-state index contributed by atoms with van der Waals surface area (Å²) in [7, 11) is 0. The molecule has 0 spiro atoms. The fourth-order valence-corrected chi connectivity index (χ4v) is 2.24. The molecule has 1 aromatic heterocycles. The number of rotatable bonds is 5. The van der Waals surface area contributed by atoms with Gasteiger partial charge in [-0.05, 0) is 25.0 Å². The molecule has 1 N–H and O–H groups in total. The quantitative estimate of drug-likeness (QED) is 0.896. The Morgan fingerprint density at radius 2 is 1.89 bits per heavy atom. The average molecular weight is 259 g/mol. The van der Waals surface area contributed by atoms with Crippen molar-refractivity contribution >= 4 is 5.97 Å².